The van der Waals surface area contributed by atoms with Crippen molar-refractivity contribution in [1.29, 1.82) is 0 Å². The fourth-order valence-corrected chi connectivity index (χ4v) is 1.45. The van der Waals surface area contributed by atoms with Crippen molar-refractivity contribution in [2.24, 2.45) is 5.41 Å². The Labute approximate surface area is 113 Å². The molecule has 0 heterocycles. The van der Waals surface area contributed by atoms with Crippen LogP contribution in [0.25, 0.3) is 0 Å². The van der Waals surface area contributed by atoms with Crippen LogP contribution in [0.1, 0.15) is 32.6 Å². The van der Waals surface area contributed by atoms with Crippen LogP contribution in [0, 0.1) is 18.4 Å². The van der Waals surface area contributed by atoms with E-state index in [1.54, 1.807) is 0 Å². The summed E-state index contributed by atoms with van der Waals surface area (Å²) in [6, 6.07) is 0. The zero-order valence-corrected chi connectivity index (χ0v) is 11.7. The molecule has 0 fully saturated rings. The molecule has 0 aromatic rings. The molecule has 0 saturated carbocycles. The Hall–Kier alpha value is -0.417. The van der Waals surface area contributed by atoms with Gasteiger partial charge in [-0.3, -0.25) is 6.08 Å². The standard InChI is InChI=1S/C9H13.C6H7.Ru/c1-3-9(2)7-5-4-6-8-9;1-2-4-6-5-3-1;/h4-7H,2-3,8H2,1H3;1-2,5H,3-4H2;/q2*-1;+2. The van der Waals surface area contributed by atoms with Gasteiger partial charge in [-0.25, -0.2) is 0 Å². The molecule has 0 radical (unpaired) electrons. The van der Waals surface area contributed by atoms with Gasteiger partial charge in [-0.15, -0.1) is 17.6 Å². The minimum atomic E-state index is 0. The molecule has 2 rings (SSSR count). The average Bonchev–Trinajstić information content (AvgIpc) is 2.33. The van der Waals surface area contributed by atoms with Crippen LogP contribution in [0.5, 0.6) is 0 Å². The second-order valence-corrected chi connectivity index (χ2v) is 4.03. The monoisotopic (exact) mass is 302 g/mol. The first-order valence-electron chi connectivity index (χ1n) is 5.66. The first kappa shape index (κ1) is 15.6. The van der Waals surface area contributed by atoms with Gasteiger partial charge in [0, 0.05) is 0 Å². The van der Waals surface area contributed by atoms with Gasteiger partial charge in [-0.1, -0.05) is 44.1 Å². The molecule has 0 saturated heterocycles. The van der Waals surface area contributed by atoms with E-state index in [1.165, 1.54) is 0 Å². The largest absolute Gasteiger partial charge is 2.00 e. The zero-order valence-electron chi connectivity index (χ0n) is 9.93. The summed E-state index contributed by atoms with van der Waals surface area (Å²) < 4.78 is 0. The Morgan fingerprint density at radius 2 is 2.06 bits per heavy atom. The van der Waals surface area contributed by atoms with Crippen molar-refractivity contribution in [2.75, 3.05) is 0 Å². The molecule has 0 N–H and O–H groups in total. The Kier molecular flexibility index (Phi) is 8.48. The van der Waals surface area contributed by atoms with Gasteiger partial charge in [-0.2, -0.15) is 6.42 Å². The molecule has 2 aliphatic carbocycles. The molecule has 0 aliphatic heterocycles. The summed E-state index contributed by atoms with van der Waals surface area (Å²) in [4.78, 5) is 0. The maximum atomic E-state index is 4.11. The summed E-state index contributed by atoms with van der Waals surface area (Å²) in [6.45, 7) is 6.29. The van der Waals surface area contributed by atoms with Gasteiger partial charge in [0.1, 0.15) is 0 Å². The van der Waals surface area contributed by atoms with E-state index in [1.807, 2.05) is 0 Å². The van der Waals surface area contributed by atoms with Crippen LogP contribution >= 0.6 is 0 Å². The summed E-state index contributed by atoms with van der Waals surface area (Å²) in [5, 5.41) is 0. The molecular weight excluding hydrogens is 281 g/mol. The van der Waals surface area contributed by atoms with Crippen LogP contribution in [-0.2, 0) is 19.5 Å². The summed E-state index contributed by atoms with van der Waals surface area (Å²) in [6.07, 6.45) is 22.3. The minimum absolute atomic E-state index is 0. The van der Waals surface area contributed by atoms with Gasteiger partial charge < -0.3 is 13.0 Å². The summed E-state index contributed by atoms with van der Waals surface area (Å²) in [5.74, 6) is 0. The second kappa shape index (κ2) is 8.70. The molecule has 1 atom stereocenters. The smallest absolute Gasteiger partial charge is 0.496 e. The molecule has 0 spiro atoms. The van der Waals surface area contributed by atoms with E-state index in [2.05, 4.69) is 62.5 Å². The zero-order chi connectivity index (χ0) is 11.0. The van der Waals surface area contributed by atoms with E-state index in [0.29, 0.717) is 0 Å². The maximum absolute atomic E-state index is 4.11. The van der Waals surface area contributed by atoms with Crippen LogP contribution in [0.15, 0.2) is 42.5 Å². The normalized spacial score (nSPS) is 25.6. The molecule has 0 bridgehead atoms. The fraction of sp³-hybridized carbons (Fsp3) is 0.400. The maximum Gasteiger partial charge on any atom is 2.00 e. The van der Waals surface area contributed by atoms with Gasteiger partial charge in [0.25, 0.3) is 0 Å². The molecule has 1 unspecified atom stereocenters. The fourth-order valence-electron chi connectivity index (χ4n) is 1.45. The Balaban J connectivity index is 0.000000283. The van der Waals surface area contributed by atoms with Gasteiger partial charge in [0.05, 0.1) is 0 Å². The van der Waals surface area contributed by atoms with E-state index in [-0.39, 0.29) is 24.9 Å². The van der Waals surface area contributed by atoms with E-state index in [0.717, 1.165) is 25.7 Å². The first-order valence-corrected chi connectivity index (χ1v) is 5.66. The third kappa shape index (κ3) is 6.23. The van der Waals surface area contributed by atoms with E-state index in [9.17, 15) is 0 Å². The molecule has 0 amide bonds. The van der Waals surface area contributed by atoms with Crippen molar-refractivity contribution in [1.82, 2.24) is 0 Å². The number of hydrogen-bond acceptors (Lipinski definition) is 0. The Morgan fingerprint density at radius 1 is 1.25 bits per heavy atom. The second-order valence-electron chi connectivity index (χ2n) is 4.03. The van der Waals surface area contributed by atoms with Crippen molar-refractivity contribution >= 4 is 0 Å². The van der Waals surface area contributed by atoms with Crippen molar-refractivity contribution in [2.45, 2.75) is 32.6 Å². The molecule has 0 aromatic carbocycles. The SMILES string of the molecule is [C-]1=CCC=CC1.[CH2-]C1(CC)C=CC=CC1.[Ru+2]. The van der Waals surface area contributed by atoms with E-state index >= 15 is 0 Å². The number of allylic oxidation sites excluding steroid dienone is 8. The number of hydrogen-bond donors (Lipinski definition) is 0. The van der Waals surface area contributed by atoms with Gasteiger partial charge >= 0.3 is 19.5 Å². The third-order valence-corrected chi connectivity index (χ3v) is 2.73. The van der Waals surface area contributed by atoms with Gasteiger partial charge in [0.2, 0.25) is 0 Å². The van der Waals surface area contributed by atoms with Crippen LogP contribution < -0.4 is 0 Å². The van der Waals surface area contributed by atoms with Crippen LogP contribution in [-0.4, -0.2) is 0 Å². The van der Waals surface area contributed by atoms with Gasteiger partial charge in [0.15, 0.2) is 0 Å². The van der Waals surface area contributed by atoms with E-state index in [4.69, 9.17) is 0 Å². The molecule has 0 aromatic heterocycles. The molecular formula is C15H20Ru. The van der Waals surface area contributed by atoms with Crippen LogP contribution in [0.3, 0.4) is 0 Å². The van der Waals surface area contributed by atoms with Crippen molar-refractivity contribution in [3.05, 3.63) is 55.5 Å². The third-order valence-electron chi connectivity index (χ3n) is 2.73. The average molecular weight is 301 g/mol. The van der Waals surface area contributed by atoms with Crippen LogP contribution in [0.4, 0.5) is 0 Å². The summed E-state index contributed by atoms with van der Waals surface area (Å²) in [7, 11) is 0. The topological polar surface area (TPSA) is 0 Å². The predicted octanol–water partition coefficient (Wildman–Crippen LogP) is 4.43. The van der Waals surface area contributed by atoms with Crippen molar-refractivity contribution < 1.29 is 19.5 Å². The predicted molar refractivity (Wildman–Crippen MR) is 67.2 cm³/mol. The Bertz CT molecular complexity index is 264. The molecule has 88 valence electrons. The van der Waals surface area contributed by atoms with Gasteiger partial charge in [-0.05, 0) is 6.42 Å². The van der Waals surface area contributed by atoms with E-state index < -0.39 is 0 Å². The molecule has 16 heavy (non-hydrogen) atoms. The molecule has 1 heteroatoms. The number of rotatable bonds is 1. The first-order chi connectivity index (χ1) is 7.27. The quantitative estimate of drug-likeness (QED) is 0.382. The Morgan fingerprint density at radius 3 is 2.31 bits per heavy atom. The summed E-state index contributed by atoms with van der Waals surface area (Å²) in [5.41, 5.74) is 0.203. The van der Waals surface area contributed by atoms with Crippen LogP contribution in [0.2, 0.25) is 0 Å². The van der Waals surface area contributed by atoms with Crippen molar-refractivity contribution in [3.8, 4) is 0 Å². The molecule has 2 aliphatic rings. The van der Waals surface area contributed by atoms with Crippen molar-refractivity contribution in [3.63, 3.8) is 0 Å². The molecule has 0 nitrogen and oxygen atoms in total. The summed E-state index contributed by atoms with van der Waals surface area (Å²) >= 11 is 0. The minimum Gasteiger partial charge on any atom is -0.496 e.